The third kappa shape index (κ3) is 4.95. The fourth-order valence-corrected chi connectivity index (χ4v) is 3.38. The minimum absolute atomic E-state index is 0.0881. The summed E-state index contributed by atoms with van der Waals surface area (Å²) >= 11 is 5.87. The Kier molecular flexibility index (Phi) is 6.23. The lowest BCUT2D eigenvalue weighted by molar-refractivity contribution is -0.145. The molecule has 0 saturated carbocycles. The fraction of sp³-hybridized carbons (Fsp3) is 0.318. The highest BCUT2D eigenvalue weighted by molar-refractivity contribution is 6.30. The predicted molar refractivity (Wildman–Crippen MR) is 113 cm³/mol. The Morgan fingerprint density at radius 2 is 1.52 bits per heavy atom. The van der Waals surface area contributed by atoms with Crippen molar-refractivity contribution >= 4 is 29.0 Å². The molecule has 29 heavy (non-hydrogen) atoms. The monoisotopic (exact) mass is 413 g/mol. The zero-order valence-corrected chi connectivity index (χ0v) is 17.3. The summed E-state index contributed by atoms with van der Waals surface area (Å²) in [6.07, 6.45) is 1.36. The highest BCUT2D eigenvalue weighted by atomic mass is 35.5. The summed E-state index contributed by atoms with van der Waals surface area (Å²) in [5.74, 6) is 5.65. The van der Waals surface area contributed by atoms with Crippen molar-refractivity contribution in [2.24, 2.45) is 10.9 Å². The van der Waals surface area contributed by atoms with Gasteiger partial charge in [0.25, 0.3) is 5.91 Å². The van der Waals surface area contributed by atoms with E-state index in [2.05, 4.69) is 5.10 Å². The van der Waals surface area contributed by atoms with Crippen molar-refractivity contribution in [3.63, 3.8) is 0 Å². The van der Waals surface area contributed by atoms with Gasteiger partial charge in [0.15, 0.2) is 11.4 Å². The van der Waals surface area contributed by atoms with Crippen LogP contribution in [0.25, 0.3) is 0 Å². The number of amides is 1. The first kappa shape index (κ1) is 20.9. The smallest absolute Gasteiger partial charge is 0.266 e. The van der Waals surface area contributed by atoms with Crippen LogP contribution in [0, 0.1) is 0 Å². The van der Waals surface area contributed by atoms with Crippen LogP contribution in [0.4, 0.5) is 0 Å². The Hall–Kier alpha value is -2.86. The Labute approximate surface area is 175 Å². The second-order valence-electron chi connectivity index (χ2n) is 7.46. The normalized spacial score (nSPS) is 14.4. The molecule has 1 fully saturated rings. The van der Waals surface area contributed by atoms with E-state index in [1.165, 1.54) is 0 Å². The molecule has 1 saturated heterocycles. The predicted octanol–water partition coefficient (Wildman–Crippen LogP) is 3.67. The quantitative estimate of drug-likeness (QED) is 0.460. The molecule has 3 rings (SSSR count). The van der Waals surface area contributed by atoms with Crippen molar-refractivity contribution < 1.29 is 14.3 Å². The second kappa shape index (κ2) is 8.66. The van der Waals surface area contributed by atoms with Gasteiger partial charge in [-0.15, -0.1) is 0 Å². The number of ether oxygens (including phenoxy) is 1. The molecule has 2 aromatic rings. The van der Waals surface area contributed by atoms with Gasteiger partial charge in [-0.2, -0.15) is 5.10 Å². The molecule has 0 radical (unpaired) electrons. The van der Waals surface area contributed by atoms with Gasteiger partial charge >= 0.3 is 0 Å². The average Bonchev–Trinajstić information content (AvgIpc) is 2.73. The van der Waals surface area contributed by atoms with Crippen LogP contribution in [0.1, 0.15) is 42.6 Å². The first-order chi connectivity index (χ1) is 13.8. The lowest BCUT2D eigenvalue weighted by atomic mass is 10.0. The summed E-state index contributed by atoms with van der Waals surface area (Å²) in [5, 5.41) is 4.31. The molecule has 1 heterocycles. The summed E-state index contributed by atoms with van der Waals surface area (Å²) in [6.45, 7) is 4.65. The molecular weight excluding hydrogens is 390 g/mol. The van der Waals surface area contributed by atoms with Crippen molar-refractivity contribution in [2.45, 2.75) is 32.3 Å². The van der Waals surface area contributed by atoms with Gasteiger partial charge in [0.2, 0.25) is 0 Å². The summed E-state index contributed by atoms with van der Waals surface area (Å²) < 4.78 is 5.95. The first-order valence-corrected chi connectivity index (χ1v) is 9.82. The third-order valence-corrected chi connectivity index (χ3v) is 5.17. The van der Waals surface area contributed by atoms with Crippen LogP contribution in [0.3, 0.4) is 0 Å². The Bertz CT molecular complexity index is 911. The van der Waals surface area contributed by atoms with E-state index in [4.69, 9.17) is 22.2 Å². The number of benzene rings is 2. The summed E-state index contributed by atoms with van der Waals surface area (Å²) in [4.78, 5) is 27.2. The molecule has 7 heteroatoms. The first-order valence-electron chi connectivity index (χ1n) is 9.44. The number of carbonyl (C=O) groups excluding carboxylic acids is 2. The van der Waals surface area contributed by atoms with Crippen LogP contribution < -0.4 is 10.6 Å². The Morgan fingerprint density at radius 3 is 2.03 bits per heavy atom. The molecule has 0 atom stereocenters. The maximum Gasteiger partial charge on any atom is 0.266 e. The maximum absolute atomic E-state index is 12.9. The highest BCUT2D eigenvalue weighted by Crippen LogP contribution is 2.23. The summed E-state index contributed by atoms with van der Waals surface area (Å²) in [5.41, 5.74) is 0.991. The van der Waals surface area contributed by atoms with Gasteiger partial charge in [0.05, 0.1) is 0 Å². The van der Waals surface area contributed by atoms with E-state index in [1.807, 2.05) is 0 Å². The van der Waals surface area contributed by atoms with E-state index in [0.29, 0.717) is 47.8 Å². The van der Waals surface area contributed by atoms with Gasteiger partial charge in [-0.05, 0) is 62.4 Å². The number of ketones is 1. The van der Waals surface area contributed by atoms with E-state index in [-0.39, 0.29) is 11.7 Å². The standard InChI is InChI=1S/C22H24ClN3O3/c1-22(2,21(28)26-13-11-18(25-24)12-14-26)29-19-9-5-16(6-10-19)20(27)15-3-7-17(23)8-4-15/h3-10H,11-14,24H2,1-2H3. The minimum atomic E-state index is -1.03. The number of nitrogens with two attached hydrogens (primary N) is 1. The zero-order chi connectivity index (χ0) is 21.0. The molecule has 0 unspecified atom stereocenters. The van der Waals surface area contributed by atoms with Crippen LogP contribution in [0.5, 0.6) is 5.75 Å². The Morgan fingerprint density at radius 1 is 1.00 bits per heavy atom. The SMILES string of the molecule is CC(C)(Oc1ccc(C(=O)c2ccc(Cl)cc2)cc1)C(=O)N1CCC(=NN)CC1. The number of hydrogen-bond donors (Lipinski definition) is 1. The number of hydrazone groups is 1. The number of carbonyl (C=O) groups is 2. The lowest BCUT2D eigenvalue weighted by Gasteiger charge is -2.34. The van der Waals surface area contributed by atoms with Crippen LogP contribution >= 0.6 is 11.6 Å². The minimum Gasteiger partial charge on any atom is -0.478 e. The molecule has 1 amide bonds. The second-order valence-corrected chi connectivity index (χ2v) is 7.90. The number of nitrogens with zero attached hydrogens (tertiary/aromatic N) is 2. The van der Waals surface area contributed by atoms with E-state index in [0.717, 1.165) is 5.71 Å². The molecular formula is C22H24ClN3O3. The molecule has 152 valence electrons. The molecule has 0 bridgehead atoms. The molecule has 0 aliphatic carbocycles. The van der Waals surface area contributed by atoms with E-state index >= 15 is 0 Å². The molecule has 2 aromatic carbocycles. The van der Waals surface area contributed by atoms with E-state index < -0.39 is 5.60 Å². The molecule has 0 aromatic heterocycles. The van der Waals surface area contributed by atoms with Crippen molar-refractivity contribution in [2.75, 3.05) is 13.1 Å². The van der Waals surface area contributed by atoms with Crippen LogP contribution in [0.15, 0.2) is 53.6 Å². The van der Waals surface area contributed by atoms with Crippen molar-refractivity contribution in [1.82, 2.24) is 4.90 Å². The fourth-order valence-electron chi connectivity index (χ4n) is 3.26. The third-order valence-electron chi connectivity index (χ3n) is 4.92. The van der Waals surface area contributed by atoms with Gasteiger partial charge in [0.1, 0.15) is 5.75 Å². The Balaban J connectivity index is 1.66. The van der Waals surface area contributed by atoms with Crippen LogP contribution in [-0.2, 0) is 4.79 Å². The van der Waals surface area contributed by atoms with Gasteiger partial charge in [0, 0.05) is 47.8 Å². The summed E-state index contributed by atoms with van der Waals surface area (Å²) in [7, 11) is 0. The summed E-state index contributed by atoms with van der Waals surface area (Å²) in [6, 6.07) is 13.5. The maximum atomic E-state index is 12.9. The van der Waals surface area contributed by atoms with Gasteiger partial charge in [-0.3, -0.25) is 9.59 Å². The van der Waals surface area contributed by atoms with Crippen LogP contribution in [-0.4, -0.2) is 41.0 Å². The van der Waals surface area contributed by atoms with Gasteiger partial charge < -0.3 is 15.5 Å². The number of hydrogen-bond acceptors (Lipinski definition) is 5. The van der Waals surface area contributed by atoms with Crippen molar-refractivity contribution in [3.8, 4) is 5.75 Å². The highest BCUT2D eigenvalue weighted by Gasteiger charge is 2.35. The lowest BCUT2D eigenvalue weighted by Crippen LogP contribution is -2.51. The average molecular weight is 414 g/mol. The molecule has 0 spiro atoms. The van der Waals surface area contributed by atoms with E-state index in [9.17, 15) is 9.59 Å². The molecule has 6 nitrogen and oxygen atoms in total. The van der Waals surface area contributed by atoms with Gasteiger partial charge in [-0.25, -0.2) is 0 Å². The topological polar surface area (TPSA) is 85.0 Å². The molecule has 2 N–H and O–H groups in total. The number of likely N-dealkylation sites (tertiary alicyclic amines) is 1. The number of halogens is 1. The zero-order valence-electron chi connectivity index (χ0n) is 16.5. The van der Waals surface area contributed by atoms with Crippen molar-refractivity contribution in [3.05, 3.63) is 64.7 Å². The van der Waals surface area contributed by atoms with Crippen molar-refractivity contribution in [1.29, 1.82) is 0 Å². The van der Waals surface area contributed by atoms with E-state index in [1.54, 1.807) is 67.3 Å². The molecule has 1 aliphatic rings. The number of piperidine rings is 1. The number of rotatable bonds is 5. The molecule has 1 aliphatic heterocycles. The van der Waals surface area contributed by atoms with Crippen LogP contribution in [0.2, 0.25) is 5.02 Å². The van der Waals surface area contributed by atoms with Gasteiger partial charge in [-0.1, -0.05) is 11.6 Å². The largest absolute Gasteiger partial charge is 0.478 e.